The summed E-state index contributed by atoms with van der Waals surface area (Å²) in [7, 11) is 1.44. The highest BCUT2D eigenvalue weighted by Gasteiger charge is 2.07. The van der Waals surface area contributed by atoms with Crippen LogP contribution in [0.2, 0.25) is 0 Å². The predicted octanol–water partition coefficient (Wildman–Crippen LogP) is 3.43. The van der Waals surface area contributed by atoms with Crippen LogP contribution in [0.4, 0.5) is 0 Å². The third-order valence-electron chi connectivity index (χ3n) is 3.42. The number of aliphatic carboxylic acids is 2. The van der Waals surface area contributed by atoms with Crippen LogP contribution < -0.4 is 14.2 Å². The number of methoxy groups -OCH3 is 1. The predicted molar refractivity (Wildman–Crippen MR) is 115 cm³/mol. The molecule has 0 amide bonds. The molecule has 2 rings (SSSR count). The van der Waals surface area contributed by atoms with E-state index in [0.717, 1.165) is 17.7 Å². The lowest BCUT2D eigenvalue weighted by atomic mass is 10.2. The van der Waals surface area contributed by atoms with Crippen LogP contribution in [-0.4, -0.2) is 41.2 Å². The summed E-state index contributed by atoms with van der Waals surface area (Å²) in [6, 6.07) is 11.3. The maximum atomic E-state index is 10.8. The van der Waals surface area contributed by atoms with Gasteiger partial charge in [0.1, 0.15) is 5.75 Å². The van der Waals surface area contributed by atoms with E-state index in [1.54, 1.807) is 42.5 Å². The van der Waals surface area contributed by atoms with Crippen molar-refractivity contribution in [3.63, 3.8) is 0 Å². The summed E-state index contributed by atoms with van der Waals surface area (Å²) in [5.41, 5.74) is 1.37. The molecular weight excluding hydrogens is 420 g/mol. The van der Waals surface area contributed by atoms with E-state index in [-0.39, 0.29) is 5.97 Å². The molecule has 0 bridgehead atoms. The van der Waals surface area contributed by atoms with Crippen molar-refractivity contribution < 1.29 is 43.6 Å². The minimum absolute atomic E-state index is 0.299. The Morgan fingerprint density at radius 3 is 1.69 bits per heavy atom. The van der Waals surface area contributed by atoms with Crippen molar-refractivity contribution in [1.82, 2.24) is 0 Å². The van der Waals surface area contributed by atoms with Crippen molar-refractivity contribution in [2.45, 2.75) is 13.8 Å². The molecule has 0 aliphatic rings. The zero-order chi connectivity index (χ0) is 24.1. The number of carbonyl (C=O) groups excluding carboxylic acids is 2. The molecular formula is C23H22O9. The lowest BCUT2D eigenvalue weighted by Crippen LogP contribution is -2.03. The van der Waals surface area contributed by atoms with E-state index in [1.807, 2.05) is 0 Å². The second kappa shape index (κ2) is 13.0. The van der Waals surface area contributed by atoms with Crippen molar-refractivity contribution in [2.24, 2.45) is 0 Å². The van der Waals surface area contributed by atoms with E-state index in [2.05, 4.69) is 0 Å². The van der Waals surface area contributed by atoms with Crippen molar-refractivity contribution >= 4 is 36.0 Å². The Labute approximate surface area is 184 Å². The second-order valence-corrected chi connectivity index (χ2v) is 6.01. The molecule has 9 heteroatoms. The number of carboxylic acid groups (broad SMARTS) is 2. The third-order valence-corrected chi connectivity index (χ3v) is 3.42. The van der Waals surface area contributed by atoms with Crippen LogP contribution in [0.15, 0.2) is 54.6 Å². The molecule has 0 spiro atoms. The fourth-order valence-corrected chi connectivity index (χ4v) is 2.17. The maximum Gasteiger partial charge on any atom is 0.328 e. The third kappa shape index (κ3) is 10.4. The van der Waals surface area contributed by atoms with Crippen LogP contribution >= 0.6 is 0 Å². The molecule has 32 heavy (non-hydrogen) atoms. The number of hydrogen-bond acceptors (Lipinski definition) is 7. The molecule has 0 aliphatic heterocycles. The Bertz CT molecular complexity index is 1020. The molecule has 0 saturated carbocycles. The lowest BCUT2D eigenvalue weighted by molar-refractivity contribution is -0.132. The Kier molecular flexibility index (Phi) is 10.4. The summed E-state index contributed by atoms with van der Waals surface area (Å²) in [5.74, 6) is -1.76. The van der Waals surface area contributed by atoms with Crippen LogP contribution in [-0.2, 0) is 19.2 Å². The number of carbonyl (C=O) groups is 4. The first-order valence-electron chi connectivity index (χ1n) is 9.07. The lowest BCUT2D eigenvalue weighted by Gasteiger charge is -2.08. The van der Waals surface area contributed by atoms with Gasteiger partial charge in [-0.2, -0.15) is 0 Å². The second-order valence-electron chi connectivity index (χ2n) is 6.01. The molecule has 2 aromatic rings. The normalized spacial score (nSPS) is 10.2. The van der Waals surface area contributed by atoms with Crippen molar-refractivity contribution in [2.75, 3.05) is 7.11 Å². The van der Waals surface area contributed by atoms with E-state index in [1.165, 1.54) is 33.1 Å². The van der Waals surface area contributed by atoms with Gasteiger partial charge >= 0.3 is 23.9 Å². The van der Waals surface area contributed by atoms with Gasteiger partial charge in [-0.15, -0.1) is 0 Å². The summed E-state index contributed by atoms with van der Waals surface area (Å²) in [6.07, 6.45) is 4.93. The van der Waals surface area contributed by atoms with Crippen LogP contribution in [0.1, 0.15) is 25.0 Å². The highest BCUT2D eigenvalue weighted by atomic mass is 16.6. The first-order chi connectivity index (χ1) is 15.1. The average molecular weight is 442 g/mol. The fraction of sp³-hybridized carbons (Fsp3) is 0.130. The van der Waals surface area contributed by atoms with Crippen molar-refractivity contribution in [1.29, 1.82) is 0 Å². The van der Waals surface area contributed by atoms with Crippen LogP contribution in [0.5, 0.6) is 17.2 Å². The molecule has 0 fully saturated rings. The molecule has 9 nitrogen and oxygen atoms in total. The Morgan fingerprint density at radius 2 is 1.22 bits per heavy atom. The summed E-state index contributed by atoms with van der Waals surface area (Å²) < 4.78 is 14.8. The zero-order valence-electron chi connectivity index (χ0n) is 17.6. The maximum absolute atomic E-state index is 10.8. The van der Waals surface area contributed by atoms with Crippen LogP contribution in [0.25, 0.3) is 12.2 Å². The van der Waals surface area contributed by atoms with E-state index >= 15 is 0 Å². The zero-order valence-corrected chi connectivity index (χ0v) is 17.6. The van der Waals surface area contributed by atoms with Crippen LogP contribution in [0, 0.1) is 0 Å². The van der Waals surface area contributed by atoms with E-state index < -0.39 is 17.9 Å². The molecule has 2 aromatic carbocycles. The summed E-state index contributed by atoms with van der Waals surface area (Å²) in [5, 5.41) is 16.9. The summed E-state index contributed by atoms with van der Waals surface area (Å²) >= 11 is 0. The van der Waals surface area contributed by atoms with Gasteiger partial charge in [0.15, 0.2) is 11.5 Å². The first-order valence-corrected chi connectivity index (χ1v) is 9.07. The number of ether oxygens (including phenoxy) is 3. The SMILES string of the molecule is CC(=O)Oc1ccc(/C=C/C(=O)O)cc1.COc1cc(/C=C/C(=O)O)ccc1OC(C)=O. The fourth-order valence-electron chi connectivity index (χ4n) is 2.17. The molecule has 2 N–H and O–H groups in total. The minimum atomic E-state index is -1.03. The Hall–Kier alpha value is -4.40. The van der Waals surface area contributed by atoms with Gasteiger partial charge in [0, 0.05) is 26.0 Å². The van der Waals surface area contributed by atoms with Gasteiger partial charge in [-0.1, -0.05) is 18.2 Å². The molecule has 0 radical (unpaired) electrons. The van der Waals surface area contributed by atoms with Gasteiger partial charge in [0.25, 0.3) is 0 Å². The molecule has 0 saturated heterocycles. The highest BCUT2D eigenvalue weighted by Crippen LogP contribution is 2.28. The summed E-state index contributed by atoms with van der Waals surface area (Å²) in [6.45, 7) is 2.61. The molecule has 168 valence electrons. The summed E-state index contributed by atoms with van der Waals surface area (Å²) in [4.78, 5) is 42.0. The number of esters is 2. The van der Waals surface area contributed by atoms with E-state index in [9.17, 15) is 19.2 Å². The molecule has 0 heterocycles. The topological polar surface area (TPSA) is 136 Å². The number of carboxylic acids is 2. The molecule has 0 unspecified atom stereocenters. The largest absolute Gasteiger partial charge is 0.493 e. The smallest absolute Gasteiger partial charge is 0.328 e. The number of rotatable bonds is 7. The average Bonchev–Trinajstić information content (AvgIpc) is 2.72. The Balaban J connectivity index is 0.000000323. The number of hydrogen-bond donors (Lipinski definition) is 2. The molecule has 0 aliphatic carbocycles. The highest BCUT2D eigenvalue weighted by molar-refractivity contribution is 5.86. The number of benzene rings is 2. The van der Waals surface area contributed by atoms with E-state index in [4.69, 9.17) is 24.4 Å². The van der Waals surface area contributed by atoms with E-state index in [0.29, 0.717) is 22.8 Å². The van der Waals surface area contributed by atoms with Gasteiger partial charge < -0.3 is 24.4 Å². The standard InChI is InChI=1S/C12H12O5.C11H10O4/c1-8(13)17-10-5-3-9(4-6-12(14)15)7-11(10)16-2;1-8(12)15-10-5-2-9(3-6-10)4-7-11(13)14/h3-7H,1-2H3,(H,14,15);2-7H,1H3,(H,13,14)/b6-4+;7-4+. The van der Waals surface area contributed by atoms with Gasteiger partial charge in [0.05, 0.1) is 7.11 Å². The Morgan fingerprint density at radius 1 is 0.719 bits per heavy atom. The van der Waals surface area contributed by atoms with Gasteiger partial charge in [-0.3, -0.25) is 9.59 Å². The van der Waals surface area contributed by atoms with Crippen LogP contribution in [0.3, 0.4) is 0 Å². The quantitative estimate of drug-likeness (QED) is 0.375. The monoisotopic (exact) mass is 442 g/mol. The van der Waals surface area contributed by atoms with Gasteiger partial charge in [0.2, 0.25) is 0 Å². The van der Waals surface area contributed by atoms with Crippen molar-refractivity contribution in [3.8, 4) is 17.2 Å². The minimum Gasteiger partial charge on any atom is -0.493 e. The molecule has 0 atom stereocenters. The van der Waals surface area contributed by atoms with Crippen molar-refractivity contribution in [3.05, 3.63) is 65.7 Å². The molecule has 0 aromatic heterocycles. The van der Waals surface area contributed by atoms with Gasteiger partial charge in [-0.05, 0) is 47.5 Å². The first kappa shape index (κ1) is 25.6. The van der Waals surface area contributed by atoms with Gasteiger partial charge in [-0.25, -0.2) is 9.59 Å².